The Bertz CT molecular complexity index is 1330. The second kappa shape index (κ2) is 9.48. The summed E-state index contributed by atoms with van der Waals surface area (Å²) in [4.78, 5) is 49.8. The van der Waals surface area contributed by atoms with Gasteiger partial charge in [-0.1, -0.05) is 17.7 Å². The summed E-state index contributed by atoms with van der Waals surface area (Å²) in [5, 5.41) is 8.07. The van der Waals surface area contributed by atoms with Gasteiger partial charge in [0.05, 0.1) is 29.1 Å². The van der Waals surface area contributed by atoms with Crippen molar-refractivity contribution in [1.29, 1.82) is 0 Å². The number of carbonyl (C=O) groups excluding carboxylic acids is 3. The molecule has 2 aromatic carbocycles. The Morgan fingerprint density at radius 3 is 2.15 bits per heavy atom. The normalized spacial score (nSPS) is 18.6. The molecule has 1 fully saturated rings. The maximum Gasteiger partial charge on any atom is 0.255 e. The van der Waals surface area contributed by atoms with Crippen molar-refractivity contribution in [3.8, 4) is 5.69 Å². The second-order valence-electron chi connectivity index (χ2n) is 7.75. The number of amides is 3. The van der Waals surface area contributed by atoms with Gasteiger partial charge in [0, 0.05) is 36.1 Å². The summed E-state index contributed by atoms with van der Waals surface area (Å²) in [5.41, 5.74) is 0.293. The first-order chi connectivity index (χ1) is 16.3. The highest BCUT2D eigenvalue weighted by atomic mass is 35.5. The zero-order valence-corrected chi connectivity index (χ0v) is 18.7. The van der Waals surface area contributed by atoms with Crippen molar-refractivity contribution in [1.82, 2.24) is 9.88 Å². The molecule has 0 spiro atoms. The molecule has 3 N–H and O–H groups in total. The molecule has 0 unspecified atom stereocenters. The lowest BCUT2D eigenvalue weighted by molar-refractivity contribution is -0.125. The van der Waals surface area contributed by atoms with Crippen molar-refractivity contribution in [3.63, 3.8) is 0 Å². The molecule has 34 heavy (non-hydrogen) atoms. The summed E-state index contributed by atoms with van der Waals surface area (Å²) >= 11 is 5.85. The van der Waals surface area contributed by atoms with E-state index in [9.17, 15) is 23.6 Å². The van der Waals surface area contributed by atoms with E-state index in [4.69, 9.17) is 11.6 Å². The van der Waals surface area contributed by atoms with Crippen molar-refractivity contribution in [3.05, 3.63) is 88.1 Å². The predicted molar refractivity (Wildman–Crippen MR) is 125 cm³/mol. The summed E-state index contributed by atoms with van der Waals surface area (Å²) in [7, 11) is 1.41. The lowest BCUT2D eigenvalue weighted by Gasteiger charge is -2.10. The van der Waals surface area contributed by atoms with E-state index in [2.05, 4.69) is 16.0 Å². The highest BCUT2D eigenvalue weighted by Gasteiger charge is 2.62. The first-order valence-electron chi connectivity index (χ1n) is 10.4. The van der Waals surface area contributed by atoms with Gasteiger partial charge < -0.3 is 16.0 Å². The molecule has 3 aromatic rings. The molecule has 0 aliphatic heterocycles. The zero-order chi connectivity index (χ0) is 24.4. The lowest BCUT2D eigenvalue weighted by Crippen LogP contribution is -2.24. The highest BCUT2D eigenvalue weighted by molar-refractivity contribution is 6.30. The van der Waals surface area contributed by atoms with E-state index >= 15 is 0 Å². The molecule has 4 rings (SSSR count). The van der Waals surface area contributed by atoms with Gasteiger partial charge in [-0.3, -0.25) is 23.7 Å². The molecular weight excluding hydrogens is 463 g/mol. The van der Waals surface area contributed by atoms with Crippen LogP contribution in [0, 0.1) is 23.6 Å². The van der Waals surface area contributed by atoms with Crippen molar-refractivity contribution in [2.24, 2.45) is 17.8 Å². The van der Waals surface area contributed by atoms with Crippen LogP contribution in [0.3, 0.4) is 0 Å². The molecule has 0 bridgehead atoms. The van der Waals surface area contributed by atoms with Crippen LogP contribution in [0.1, 0.15) is 0 Å². The Morgan fingerprint density at radius 1 is 0.882 bits per heavy atom. The van der Waals surface area contributed by atoms with Gasteiger partial charge in [-0.15, -0.1) is 0 Å². The van der Waals surface area contributed by atoms with Crippen LogP contribution in [-0.4, -0.2) is 29.3 Å². The molecule has 3 atom stereocenters. The van der Waals surface area contributed by atoms with E-state index in [1.807, 2.05) is 0 Å². The van der Waals surface area contributed by atoms with Crippen LogP contribution in [0.5, 0.6) is 0 Å². The molecule has 3 amide bonds. The van der Waals surface area contributed by atoms with Crippen molar-refractivity contribution in [2.45, 2.75) is 0 Å². The minimum atomic E-state index is -0.969. The molecule has 1 aromatic heterocycles. The van der Waals surface area contributed by atoms with Gasteiger partial charge in [0.2, 0.25) is 17.7 Å². The number of nitrogens with zero attached hydrogens (tertiary/aromatic N) is 1. The standard InChI is InChI=1S/C24H20ClFN4O4/c1-27-22(32)19-20(23(33)28-14-7-5-13(25)6-8-14)21(19)24(34)29-17-10-9-15(12-16(17)26)30-11-3-2-4-18(30)31/h2-12,19-21H,1H3,(H,27,32)(H,28,33)(H,29,34)/t19-,20-,21+/m0/s1. The van der Waals surface area contributed by atoms with Crippen LogP contribution in [0.15, 0.2) is 71.7 Å². The van der Waals surface area contributed by atoms with Crippen LogP contribution in [0.4, 0.5) is 15.8 Å². The molecule has 0 saturated heterocycles. The Morgan fingerprint density at radius 2 is 1.53 bits per heavy atom. The molecular formula is C24H20ClFN4O4. The second-order valence-corrected chi connectivity index (χ2v) is 8.19. The molecule has 1 heterocycles. The minimum absolute atomic E-state index is 0.128. The summed E-state index contributed by atoms with van der Waals surface area (Å²) in [6, 6.07) is 14.9. The predicted octanol–water partition coefficient (Wildman–Crippen LogP) is 2.82. The monoisotopic (exact) mass is 482 g/mol. The topological polar surface area (TPSA) is 109 Å². The van der Waals surface area contributed by atoms with E-state index < -0.39 is 41.3 Å². The number of benzene rings is 2. The Labute approximate surface area is 198 Å². The first-order valence-corrected chi connectivity index (χ1v) is 10.7. The van der Waals surface area contributed by atoms with Crippen molar-refractivity contribution < 1.29 is 18.8 Å². The van der Waals surface area contributed by atoms with Gasteiger partial charge in [-0.05, 0) is 42.5 Å². The number of nitrogens with one attached hydrogen (secondary N) is 3. The summed E-state index contributed by atoms with van der Waals surface area (Å²) in [6.45, 7) is 0. The maximum atomic E-state index is 14.7. The van der Waals surface area contributed by atoms with Crippen LogP contribution < -0.4 is 21.5 Å². The quantitative estimate of drug-likeness (QED) is 0.502. The lowest BCUT2D eigenvalue weighted by atomic mass is 10.2. The number of halogens is 2. The zero-order valence-electron chi connectivity index (χ0n) is 17.9. The van der Waals surface area contributed by atoms with Gasteiger partial charge in [-0.2, -0.15) is 0 Å². The van der Waals surface area contributed by atoms with E-state index in [0.29, 0.717) is 10.7 Å². The number of aromatic nitrogens is 1. The third-order valence-corrected chi connectivity index (χ3v) is 5.85. The molecule has 8 nitrogen and oxygen atoms in total. The number of anilines is 2. The van der Waals surface area contributed by atoms with Gasteiger partial charge in [0.15, 0.2) is 0 Å². The molecule has 10 heteroatoms. The molecule has 174 valence electrons. The third kappa shape index (κ3) is 4.69. The van der Waals surface area contributed by atoms with Crippen LogP contribution in [0.2, 0.25) is 5.02 Å². The highest BCUT2D eigenvalue weighted by Crippen LogP contribution is 2.48. The fraction of sp³-hybridized carbons (Fsp3) is 0.167. The van der Waals surface area contributed by atoms with Crippen LogP contribution in [0.25, 0.3) is 5.69 Å². The van der Waals surface area contributed by atoms with Gasteiger partial charge >= 0.3 is 0 Å². The number of hydrogen-bond donors (Lipinski definition) is 3. The average Bonchev–Trinajstić information content (AvgIpc) is 3.58. The fourth-order valence-corrected chi connectivity index (χ4v) is 3.95. The van der Waals surface area contributed by atoms with Crippen molar-refractivity contribution in [2.75, 3.05) is 17.7 Å². The largest absolute Gasteiger partial charge is 0.359 e. The van der Waals surface area contributed by atoms with E-state index in [-0.39, 0.29) is 16.9 Å². The van der Waals surface area contributed by atoms with E-state index in [0.717, 1.165) is 6.07 Å². The Hall–Kier alpha value is -3.98. The first kappa shape index (κ1) is 23.2. The molecule has 1 aliphatic carbocycles. The Kier molecular flexibility index (Phi) is 6.47. The van der Waals surface area contributed by atoms with E-state index in [1.54, 1.807) is 36.4 Å². The van der Waals surface area contributed by atoms with E-state index in [1.165, 1.54) is 36.0 Å². The minimum Gasteiger partial charge on any atom is -0.359 e. The summed E-state index contributed by atoms with van der Waals surface area (Å²) in [6.07, 6.45) is 1.50. The number of pyridine rings is 1. The molecule has 1 aliphatic rings. The van der Waals surface area contributed by atoms with Crippen LogP contribution >= 0.6 is 11.6 Å². The smallest absolute Gasteiger partial charge is 0.255 e. The number of rotatable bonds is 6. The number of hydrogen-bond acceptors (Lipinski definition) is 4. The third-order valence-electron chi connectivity index (χ3n) is 5.60. The average molecular weight is 483 g/mol. The SMILES string of the molecule is CNC(=O)[C@H]1[C@H](C(=O)Nc2ccc(Cl)cc2)[C@@H]1C(=O)Nc1ccc(-n2ccccc2=O)cc1F. The molecule has 1 saturated carbocycles. The maximum absolute atomic E-state index is 14.7. The van der Waals surface area contributed by atoms with Crippen LogP contribution in [-0.2, 0) is 14.4 Å². The number of carbonyl (C=O) groups is 3. The molecule has 0 radical (unpaired) electrons. The Balaban J connectivity index is 1.50. The fourth-order valence-electron chi connectivity index (χ4n) is 3.83. The van der Waals surface area contributed by atoms with Gasteiger partial charge in [0.1, 0.15) is 5.82 Å². The summed E-state index contributed by atoms with van der Waals surface area (Å²) < 4.78 is 16.0. The summed E-state index contributed by atoms with van der Waals surface area (Å²) in [5.74, 6) is -5.16. The van der Waals surface area contributed by atoms with Gasteiger partial charge in [-0.25, -0.2) is 4.39 Å². The van der Waals surface area contributed by atoms with Crippen molar-refractivity contribution >= 4 is 40.7 Å². The van der Waals surface area contributed by atoms with Gasteiger partial charge in [0.25, 0.3) is 5.56 Å².